The Balaban J connectivity index is 1.88. The molecule has 2 rings (SSSR count). The number of carbonyl (C=O) groups is 2. The second-order valence-electron chi connectivity index (χ2n) is 5.07. The minimum Gasteiger partial charge on any atom is -0.480 e. The first-order chi connectivity index (χ1) is 8.91. The Bertz CT molecular complexity index is 495. The summed E-state index contributed by atoms with van der Waals surface area (Å²) in [5.41, 5.74) is -1.16. The number of aliphatic carboxylic acids is 1. The summed E-state index contributed by atoms with van der Waals surface area (Å²) < 4.78 is 4.89. The highest BCUT2D eigenvalue weighted by Crippen LogP contribution is 2.39. The van der Waals surface area contributed by atoms with Gasteiger partial charge < -0.3 is 14.9 Å². The zero-order chi connectivity index (χ0) is 14.0. The van der Waals surface area contributed by atoms with Crippen LogP contribution in [0.1, 0.15) is 37.9 Å². The number of nitrogens with one attached hydrogen (secondary N) is 1. The van der Waals surface area contributed by atoms with Crippen molar-refractivity contribution in [2.75, 3.05) is 0 Å². The van der Waals surface area contributed by atoms with Crippen LogP contribution in [0.25, 0.3) is 0 Å². The smallest absolute Gasteiger partial charge is 0.329 e. The van der Waals surface area contributed by atoms with E-state index < -0.39 is 11.5 Å². The third-order valence-electron chi connectivity index (χ3n) is 3.37. The van der Waals surface area contributed by atoms with Gasteiger partial charge in [-0.05, 0) is 32.6 Å². The van der Waals surface area contributed by atoms with Gasteiger partial charge in [0.2, 0.25) is 11.8 Å². The predicted octanol–water partition coefficient (Wildman–Crippen LogP) is 0.680. The lowest BCUT2D eigenvalue weighted by atomic mass is 9.95. The molecule has 7 nitrogen and oxygen atoms in total. The maximum Gasteiger partial charge on any atom is 0.329 e. The molecule has 2 N–H and O–H groups in total. The number of hydrogen-bond acceptors (Lipinski definition) is 5. The lowest BCUT2D eigenvalue weighted by molar-refractivity contribution is -0.147. The van der Waals surface area contributed by atoms with E-state index in [0.29, 0.717) is 18.1 Å². The van der Waals surface area contributed by atoms with Gasteiger partial charge in [-0.15, -0.1) is 0 Å². The average Bonchev–Trinajstić information content (AvgIpc) is 3.11. The van der Waals surface area contributed by atoms with Crippen molar-refractivity contribution in [3.05, 3.63) is 11.7 Å². The van der Waals surface area contributed by atoms with Crippen molar-refractivity contribution < 1.29 is 19.2 Å². The van der Waals surface area contributed by atoms with Gasteiger partial charge in [0.25, 0.3) is 0 Å². The Kier molecular flexibility index (Phi) is 3.55. The van der Waals surface area contributed by atoms with Gasteiger partial charge in [-0.25, -0.2) is 4.79 Å². The van der Waals surface area contributed by atoms with Crippen LogP contribution in [-0.2, 0) is 16.0 Å². The van der Waals surface area contributed by atoms with Crippen LogP contribution in [-0.4, -0.2) is 32.7 Å². The van der Waals surface area contributed by atoms with Crippen molar-refractivity contribution in [2.24, 2.45) is 5.92 Å². The fourth-order valence-corrected chi connectivity index (χ4v) is 2.01. The molecule has 1 amide bonds. The van der Waals surface area contributed by atoms with E-state index in [1.807, 2.05) is 0 Å². The highest BCUT2D eigenvalue weighted by Gasteiger charge is 2.48. The summed E-state index contributed by atoms with van der Waals surface area (Å²) in [5.74, 6) is -0.371. The van der Waals surface area contributed by atoms with Crippen molar-refractivity contribution in [1.29, 1.82) is 0 Å². The number of nitrogens with zero attached hydrogens (tertiary/aromatic N) is 2. The zero-order valence-corrected chi connectivity index (χ0v) is 11.0. The van der Waals surface area contributed by atoms with Crippen LogP contribution in [0.4, 0.5) is 0 Å². The molecule has 1 unspecified atom stereocenters. The second kappa shape index (κ2) is 4.99. The molecule has 0 bridgehead atoms. The molecule has 0 saturated heterocycles. The Hall–Kier alpha value is -1.92. The standard InChI is InChI=1S/C12H17N3O4/c1-7-13-10(19-15-7)6-5-9(16)14-12(2,11(17)18)8-3-4-8/h8H,3-6H2,1-2H3,(H,14,16)(H,17,18). The van der Waals surface area contributed by atoms with E-state index in [9.17, 15) is 14.7 Å². The summed E-state index contributed by atoms with van der Waals surface area (Å²) in [4.78, 5) is 27.1. The molecule has 1 aliphatic rings. The Labute approximate surface area is 110 Å². The topological polar surface area (TPSA) is 105 Å². The normalized spacial score (nSPS) is 17.8. The fraction of sp³-hybridized carbons (Fsp3) is 0.667. The van der Waals surface area contributed by atoms with Gasteiger partial charge in [0.1, 0.15) is 5.54 Å². The monoisotopic (exact) mass is 267 g/mol. The summed E-state index contributed by atoms with van der Waals surface area (Å²) in [7, 11) is 0. The molecular weight excluding hydrogens is 250 g/mol. The van der Waals surface area contributed by atoms with Gasteiger partial charge in [-0.3, -0.25) is 4.79 Å². The SMILES string of the molecule is Cc1noc(CCC(=O)NC(C)(C(=O)O)C2CC2)n1. The number of aromatic nitrogens is 2. The molecule has 0 aromatic carbocycles. The van der Waals surface area contributed by atoms with Crippen LogP contribution >= 0.6 is 0 Å². The quantitative estimate of drug-likeness (QED) is 0.785. The van der Waals surface area contributed by atoms with Crippen molar-refractivity contribution in [3.8, 4) is 0 Å². The summed E-state index contributed by atoms with van der Waals surface area (Å²) >= 11 is 0. The van der Waals surface area contributed by atoms with E-state index in [2.05, 4.69) is 15.5 Å². The number of amides is 1. The maximum atomic E-state index is 11.8. The minimum absolute atomic E-state index is 0.0274. The van der Waals surface area contributed by atoms with Crippen LogP contribution in [0, 0.1) is 12.8 Å². The van der Waals surface area contributed by atoms with Crippen molar-refractivity contribution in [3.63, 3.8) is 0 Å². The fourth-order valence-electron chi connectivity index (χ4n) is 2.01. The third kappa shape index (κ3) is 3.10. The number of rotatable bonds is 6. The first kappa shape index (κ1) is 13.5. The Morgan fingerprint density at radius 1 is 1.53 bits per heavy atom. The van der Waals surface area contributed by atoms with Crippen LogP contribution in [0.5, 0.6) is 0 Å². The van der Waals surface area contributed by atoms with E-state index in [1.54, 1.807) is 13.8 Å². The number of carboxylic acids is 1. The van der Waals surface area contributed by atoms with Crippen LogP contribution < -0.4 is 5.32 Å². The van der Waals surface area contributed by atoms with Crippen molar-refractivity contribution >= 4 is 11.9 Å². The van der Waals surface area contributed by atoms with E-state index in [-0.39, 0.29) is 18.2 Å². The van der Waals surface area contributed by atoms with Crippen LogP contribution in [0.15, 0.2) is 4.52 Å². The van der Waals surface area contributed by atoms with Gasteiger partial charge in [-0.2, -0.15) is 4.98 Å². The number of aryl methyl sites for hydroxylation is 2. The third-order valence-corrected chi connectivity index (χ3v) is 3.37. The molecule has 0 aliphatic heterocycles. The van der Waals surface area contributed by atoms with Crippen LogP contribution in [0.3, 0.4) is 0 Å². The molecular formula is C12H17N3O4. The molecule has 1 atom stereocenters. The molecule has 1 aliphatic carbocycles. The van der Waals surface area contributed by atoms with E-state index in [1.165, 1.54) is 0 Å². The molecule has 104 valence electrons. The number of hydrogen-bond donors (Lipinski definition) is 2. The molecule has 1 aromatic heterocycles. The molecule has 19 heavy (non-hydrogen) atoms. The Morgan fingerprint density at radius 2 is 2.21 bits per heavy atom. The highest BCUT2D eigenvalue weighted by atomic mass is 16.5. The zero-order valence-electron chi connectivity index (χ0n) is 11.0. The second-order valence-corrected chi connectivity index (χ2v) is 5.07. The first-order valence-electron chi connectivity index (χ1n) is 6.25. The maximum absolute atomic E-state index is 11.8. The van der Waals surface area contributed by atoms with E-state index >= 15 is 0 Å². The number of carboxylic acid groups (broad SMARTS) is 1. The largest absolute Gasteiger partial charge is 0.480 e. The summed E-state index contributed by atoms with van der Waals surface area (Å²) in [6.07, 6.45) is 2.13. The van der Waals surface area contributed by atoms with Crippen molar-refractivity contribution in [1.82, 2.24) is 15.5 Å². The van der Waals surface area contributed by atoms with E-state index in [0.717, 1.165) is 12.8 Å². The average molecular weight is 267 g/mol. The predicted molar refractivity (Wildman–Crippen MR) is 64.3 cm³/mol. The number of carbonyl (C=O) groups excluding carboxylic acids is 1. The van der Waals surface area contributed by atoms with Gasteiger partial charge in [0.05, 0.1) is 0 Å². The van der Waals surface area contributed by atoms with Gasteiger partial charge in [0, 0.05) is 12.8 Å². The van der Waals surface area contributed by atoms with Gasteiger partial charge in [0.15, 0.2) is 5.82 Å². The van der Waals surface area contributed by atoms with E-state index in [4.69, 9.17) is 4.52 Å². The highest BCUT2D eigenvalue weighted by molar-refractivity contribution is 5.87. The van der Waals surface area contributed by atoms with Crippen molar-refractivity contribution in [2.45, 2.75) is 45.1 Å². The lowest BCUT2D eigenvalue weighted by Gasteiger charge is -2.26. The van der Waals surface area contributed by atoms with Gasteiger partial charge in [-0.1, -0.05) is 5.16 Å². The lowest BCUT2D eigenvalue weighted by Crippen LogP contribution is -2.54. The molecule has 7 heteroatoms. The first-order valence-corrected chi connectivity index (χ1v) is 6.25. The summed E-state index contributed by atoms with van der Waals surface area (Å²) in [6, 6.07) is 0. The molecule has 1 saturated carbocycles. The molecule has 1 heterocycles. The minimum atomic E-state index is -1.16. The molecule has 0 radical (unpaired) electrons. The summed E-state index contributed by atoms with van der Waals surface area (Å²) in [6.45, 7) is 3.25. The summed E-state index contributed by atoms with van der Waals surface area (Å²) in [5, 5.41) is 15.5. The van der Waals surface area contributed by atoms with Crippen LogP contribution in [0.2, 0.25) is 0 Å². The molecule has 1 aromatic rings. The Morgan fingerprint density at radius 3 is 2.68 bits per heavy atom. The molecule has 0 spiro atoms. The van der Waals surface area contributed by atoms with Gasteiger partial charge >= 0.3 is 5.97 Å². The molecule has 1 fully saturated rings.